The van der Waals surface area contributed by atoms with E-state index in [2.05, 4.69) is 15.9 Å². The summed E-state index contributed by atoms with van der Waals surface area (Å²) in [7, 11) is -1.21. The maximum absolute atomic E-state index is 13.1. The zero-order valence-corrected chi connectivity index (χ0v) is 13.8. The fraction of sp³-hybridized carbons (Fsp3) is 0.125. The smallest absolute Gasteiger partial charge is 0.151 e. The molecule has 0 aliphatic carbocycles. The van der Waals surface area contributed by atoms with Crippen molar-refractivity contribution >= 4 is 37.7 Å². The van der Waals surface area contributed by atoms with Crippen LogP contribution in [0.4, 0.5) is 4.39 Å². The molecule has 21 heavy (non-hydrogen) atoms. The van der Waals surface area contributed by atoms with E-state index in [9.17, 15) is 8.60 Å². The van der Waals surface area contributed by atoms with Gasteiger partial charge in [0.05, 0.1) is 15.7 Å². The molecule has 0 fully saturated rings. The molecule has 0 amide bonds. The van der Waals surface area contributed by atoms with Gasteiger partial charge >= 0.3 is 0 Å². The van der Waals surface area contributed by atoms with Crippen LogP contribution in [0.2, 0.25) is 0 Å². The molecule has 1 aromatic heterocycles. The summed E-state index contributed by atoms with van der Waals surface area (Å²) in [6, 6.07) is 9.85. The average molecular weight is 367 g/mol. The highest BCUT2D eigenvalue weighted by Crippen LogP contribution is 2.38. The van der Waals surface area contributed by atoms with Crippen LogP contribution in [0.3, 0.4) is 0 Å². The van der Waals surface area contributed by atoms with Gasteiger partial charge < -0.3 is 4.42 Å². The lowest BCUT2D eigenvalue weighted by Gasteiger charge is -2.00. The van der Waals surface area contributed by atoms with Crippen molar-refractivity contribution < 1.29 is 13.0 Å². The molecule has 3 aromatic rings. The van der Waals surface area contributed by atoms with Gasteiger partial charge in [-0.1, -0.05) is 15.9 Å². The monoisotopic (exact) mass is 366 g/mol. The summed E-state index contributed by atoms with van der Waals surface area (Å²) in [6.45, 7) is 1.94. The summed E-state index contributed by atoms with van der Waals surface area (Å²) in [5.41, 5.74) is 2.38. The Morgan fingerprint density at radius 1 is 1.19 bits per heavy atom. The lowest BCUT2D eigenvalue weighted by molar-refractivity contribution is 0.616. The van der Waals surface area contributed by atoms with Crippen LogP contribution in [0.15, 0.2) is 50.2 Å². The zero-order chi connectivity index (χ0) is 15.1. The second kappa shape index (κ2) is 5.39. The molecule has 0 saturated heterocycles. The number of fused-ring (bicyclic) bond motifs is 1. The van der Waals surface area contributed by atoms with Crippen molar-refractivity contribution in [3.63, 3.8) is 0 Å². The number of halogens is 2. The van der Waals surface area contributed by atoms with E-state index in [0.717, 1.165) is 15.4 Å². The lowest BCUT2D eigenvalue weighted by Crippen LogP contribution is -1.89. The predicted molar refractivity (Wildman–Crippen MR) is 86.4 cm³/mol. The molecule has 5 heteroatoms. The molecule has 1 heterocycles. The summed E-state index contributed by atoms with van der Waals surface area (Å²) >= 11 is 3.45. The second-order valence-corrected chi connectivity index (χ2v) is 7.05. The SMILES string of the molecule is Cc1cc(Br)cc2c([S@](C)=O)c(-c3ccc(F)cc3)oc12. The van der Waals surface area contributed by atoms with Gasteiger partial charge in [-0.2, -0.15) is 0 Å². The van der Waals surface area contributed by atoms with Crippen LogP contribution in [0.25, 0.3) is 22.3 Å². The molecular formula is C16H12BrFO2S. The van der Waals surface area contributed by atoms with Gasteiger partial charge in [0.15, 0.2) is 5.76 Å². The summed E-state index contributed by atoms with van der Waals surface area (Å²) in [4.78, 5) is 0.640. The first kappa shape index (κ1) is 14.5. The average Bonchev–Trinajstić information content (AvgIpc) is 2.79. The maximum Gasteiger partial charge on any atom is 0.151 e. The van der Waals surface area contributed by atoms with Gasteiger partial charge in [-0.3, -0.25) is 4.21 Å². The molecule has 0 N–H and O–H groups in total. The van der Waals surface area contributed by atoms with Crippen LogP contribution in [-0.2, 0) is 10.8 Å². The maximum atomic E-state index is 13.1. The Balaban J connectivity index is 2.37. The normalized spacial score (nSPS) is 12.8. The summed E-state index contributed by atoms with van der Waals surface area (Å²) in [5, 5.41) is 0.821. The van der Waals surface area contributed by atoms with E-state index >= 15 is 0 Å². The number of furan rings is 1. The Morgan fingerprint density at radius 2 is 1.86 bits per heavy atom. The van der Waals surface area contributed by atoms with Gasteiger partial charge in [-0.05, 0) is 48.9 Å². The molecule has 0 aliphatic heterocycles. The molecule has 2 aromatic carbocycles. The quantitative estimate of drug-likeness (QED) is 0.635. The Morgan fingerprint density at radius 3 is 2.48 bits per heavy atom. The van der Waals surface area contributed by atoms with Gasteiger partial charge in [0.25, 0.3) is 0 Å². The number of benzene rings is 2. The molecule has 108 valence electrons. The van der Waals surface area contributed by atoms with Crippen molar-refractivity contribution in [2.24, 2.45) is 0 Å². The Labute approximate surface area is 132 Å². The third-order valence-electron chi connectivity index (χ3n) is 3.29. The lowest BCUT2D eigenvalue weighted by atomic mass is 10.1. The molecule has 0 bridgehead atoms. The Bertz CT molecular complexity index is 853. The second-order valence-electron chi connectivity index (χ2n) is 4.82. The van der Waals surface area contributed by atoms with Gasteiger partial charge in [0.2, 0.25) is 0 Å². The fourth-order valence-corrected chi connectivity index (χ4v) is 3.84. The molecule has 0 spiro atoms. The van der Waals surface area contributed by atoms with Crippen molar-refractivity contribution in [1.29, 1.82) is 0 Å². The van der Waals surface area contributed by atoms with Crippen molar-refractivity contribution in [1.82, 2.24) is 0 Å². The van der Waals surface area contributed by atoms with E-state index in [0.29, 0.717) is 21.8 Å². The third kappa shape index (κ3) is 2.56. The largest absolute Gasteiger partial charge is 0.454 e. The minimum absolute atomic E-state index is 0.312. The van der Waals surface area contributed by atoms with Crippen molar-refractivity contribution in [3.05, 3.63) is 52.3 Å². The predicted octanol–water partition coefficient (Wildman–Crippen LogP) is 5.05. The highest BCUT2D eigenvalue weighted by Gasteiger charge is 2.20. The Kier molecular flexibility index (Phi) is 3.71. The van der Waals surface area contributed by atoms with E-state index < -0.39 is 10.8 Å². The minimum Gasteiger partial charge on any atom is -0.454 e. The first-order valence-electron chi connectivity index (χ1n) is 6.29. The first-order chi connectivity index (χ1) is 9.97. The molecule has 0 aliphatic rings. The molecule has 0 saturated carbocycles. The molecule has 1 atom stereocenters. The van der Waals surface area contributed by atoms with Gasteiger partial charge in [0.1, 0.15) is 11.4 Å². The standard InChI is InChI=1S/C16H12BrFO2S/c1-9-7-11(17)8-13-14(9)20-15(16(13)21(2)19)10-3-5-12(18)6-4-10/h3-8H,1-2H3/t21-/m0/s1. The van der Waals surface area contributed by atoms with Gasteiger partial charge in [0, 0.05) is 21.7 Å². The summed E-state index contributed by atoms with van der Waals surface area (Å²) in [5.74, 6) is 0.222. The van der Waals surface area contributed by atoms with Crippen LogP contribution in [0.5, 0.6) is 0 Å². The van der Waals surface area contributed by atoms with Crippen LogP contribution in [0, 0.1) is 12.7 Å². The summed E-state index contributed by atoms with van der Waals surface area (Å²) in [6.07, 6.45) is 1.62. The van der Waals surface area contributed by atoms with E-state index in [4.69, 9.17) is 4.42 Å². The van der Waals surface area contributed by atoms with E-state index in [-0.39, 0.29) is 5.82 Å². The van der Waals surface area contributed by atoms with Crippen molar-refractivity contribution in [2.75, 3.05) is 6.26 Å². The van der Waals surface area contributed by atoms with E-state index in [1.165, 1.54) is 12.1 Å². The molecule has 0 unspecified atom stereocenters. The fourth-order valence-electron chi connectivity index (χ4n) is 2.38. The number of hydrogen-bond acceptors (Lipinski definition) is 2. The third-order valence-corrected chi connectivity index (χ3v) is 4.73. The molecule has 0 radical (unpaired) electrons. The van der Waals surface area contributed by atoms with Crippen molar-refractivity contribution in [3.8, 4) is 11.3 Å². The van der Waals surface area contributed by atoms with E-state index in [1.54, 1.807) is 18.4 Å². The number of hydrogen-bond donors (Lipinski definition) is 0. The van der Waals surface area contributed by atoms with Gasteiger partial charge in [-0.25, -0.2) is 4.39 Å². The van der Waals surface area contributed by atoms with Crippen LogP contribution < -0.4 is 0 Å². The van der Waals surface area contributed by atoms with Crippen LogP contribution in [-0.4, -0.2) is 10.5 Å². The minimum atomic E-state index is -1.21. The van der Waals surface area contributed by atoms with Crippen molar-refractivity contribution in [2.45, 2.75) is 11.8 Å². The summed E-state index contributed by atoms with van der Waals surface area (Å²) < 4.78 is 32.1. The molecule has 3 rings (SSSR count). The van der Waals surface area contributed by atoms with Crippen LogP contribution >= 0.6 is 15.9 Å². The van der Waals surface area contributed by atoms with E-state index in [1.807, 2.05) is 19.1 Å². The molecule has 2 nitrogen and oxygen atoms in total. The molecular weight excluding hydrogens is 355 g/mol. The van der Waals surface area contributed by atoms with Crippen LogP contribution in [0.1, 0.15) is 5.56 Å². The Hall–Kier alpha value is -1.46. The highest BCUT2D eigenvalue weighted by molar-refractivity contribution is 9.10. The number of aryl methyl sites for hydroxylation is 1. The van der Waals surface area contributed by atoms with Gasteiger partial charge in [-0.15, -0.1) is 0 Å². The number of rotatable bonds is 2. The zero-order valence-electron chi connectivity index (χ0n) is 11.4. The topological polar surface area (TPSA) is 30.2 Å². The first-order valence-corrected chi connectivity index (χ1v) is 8.64. The highest BCUT2D eigenvalue weighted by atomic mass is 79.9.